The van der Waals surface area contributed by atoms with Crippen LogP contribution >= 0.6 is 23.4 Å². The summed E-state index contributed by atoms with van der Waals surface area (Å²) < 4.78 is 0. The Balaban J connectivity index is 1.86. The van der Waals surface area contributed by atoms with Gasteiger partial charge in [0.25, 0.3) is 0 Å². The molecule has 0 unspecified atom stereocenters. The molecule has 1 saturated carbocycles. The number of carbonyl (C=O) groups excluding carboxylic acids is 2. The number of halogens is 1. The van der Waals surface area contributed by atoms with Crippen LogP contribution in [0.2, 0.25) is 5.02 Å². The van der Waals surface area contributed by atoms with Gasteiger partial charge in [-0.05, 0) is 36.8 Å². The molecule has 1 aliphatic rings. The van der Waals surface area contributed by atoms with Crippen molar-refractivity contribution in [1.29, 1.82) is 0 Å². The van der Waals surface area contributed by atoms with Crippen molar-refractivity contribution in [3.8, 4) is 0 Å². The van der Waals surface area contributed by atoms with Crippen molar-refractivity contribution >= 4 is 41.0 Å². The number of amides is 3. The van der Waals surface area contributed by atoms with Gasteiger partial charge in [0.2, 0.25) is 5.91 Å². The zero-order valence-electron chi connectivity index (χ0n) is 11.7. The van der Waals surface area contributed by atoms with Crippen LogP contribution in [-0.4, -0.2) is 30.3 Å². The van der Waals surface area contributed by atoms with Crippen molar-refractivity contribution in [3.63, 3.8) is 0 Å². The molecular formula is C14H18ClN3O2S. The Labute approximate surface area is 133 Å². The third kappa shape index (κ3) is 5.47. The van der Waals surface area contributed by atoms with E-state index in [1.165, 1.54) is 0 Å². The summed E-state index contributed by atoms with van der Waals surface area (Å²) >= 11 is 7.56. The van der Waals surface area contributed by atoms with Crippen molar-refractivity contribution in [2.24, 2.45) is 0 Å². The molecule has 0 aromatic heterocycles. The van der Waals surface area contributed by atoms with Gasteiger partial charge in [0.1, 0.15) is 0 Å². The lowest BCUT2D eigenvalue weighted by Gasteiger charge is -2.11. The molecule has 114 valence electrons. The molecule has 1 aromatic carbocycles. The Bertz CT molecular complexity index is 535. The molecule has 0 bridgehead atoms. The Morgan fingerprint density at radius 2 is 2.14 bits per heavy atom. The molecule has 1 aromatic rings. The molecule has 3 N–H and O–H groups in total. The van der Waals surface area contributed by atoms with Crippen molar-refractivity contribution in [3.05, 3.63) is 23.2 Å². The van der Waals surface area contributed by atoms with Crippen LogP contribution in [0.5, 0.6) is 0 Å². The van der Waals surface area contributed by atoms with Crippen LogP contribution in [0.1, 0.15) is 19.8 Å². The molecule has 1 aliphatic carbocycles. The highest BCUT2D eigenvalue weighted by atomic mass is 35.5. The summed E-state index contributed by atoms with van der Waals surface area (Å²) in [6.07, 6.45) is 2.05. The summed E-state index contributed by atoms with van der Waals surface area (Å²) in [6, 6.07) is 5.23. The van der Waals surface area contributed by atoms with E-state index in [0.717, 1.165) is 23.5 Å². The van der Waals surface area contributed by atoms with Crippen molar-refractivity contribution in [2.75, 3.05) is 17.6 Å². The average Bonchev–Trinajstić information content (AvgIpc) is 3.24. The number of carbonyl (C=O) groups is 2. The molecule has 5 nitrogen and oxygen atoms in total. The highest BCUT2D eigenvalue weighted by Gasteiger charge is 2.23. The van der Waals surface area contributed by atoms with E-state index < -0.39 is 6.03 Å². The molecular weight excluding hydrogens is 310 g/mol. The molecule has 0 radical (unpaired) electrons. The van der Waals surface area contributed by atoms with Crippen molar-refractivity contribution in [1.82, 2.24) is 10.6 Å². The summed E-state index contributed by atoms with van der Waals surface area (Å²) in [5.41, 5.74) is 0.648. The second kappa shape index (κ2) is 7.56. The van der Waals surface area contributed by atoms with Gasteiger partial charge < -0.3 is 16.0 Å². The lowest BCUT2D eigenvalue weighted by Crippen LogP contribution is -2.39. The van der Waals surface area contributed by atoms with Gasteiger partial charge in [-0.15, -0.1) is 11.8 Å². The van der Waals surface area contributed by atoms with E-state index >= 15 is 0 Å². The van der Waals surface area contributed by atoms with E-state index in [1.54, 1.807) is 23.9 Å². The minimum atomic E-state index is -0.416. The highest BCUT2D eigenvalue weighted by Crippen LogP contribution is 2.29. The largest absolute Gasteiger partial charge is 0.352 e. The monoisotopic (exact) mass is 327 g/mol. The molecule has 1 fully saturated rings. The summed E-state index contributed by atoms with van der Waals surface area (Å²) in [7, 11) is 0. The number of anilines is 1. The summed E-state index contributed by atoms with van der Waals surface area (Å²) in [6.45, 7) is 2.00. The standard InChI is InChI=1S/C14H18ClN3O2S/c1-2-21-12-6-3-9(15)7-11(12)18-14(20)16-8-13(19)17-10-4-5-10/h3,6-7,10H,2,4-5,8H2,1H3,(H,17,19)(H2,16,18,20). The second-order valence-corrected chi connectivity index (χ2v) is 6.47. The normalized spacial score (nSPS) is 13.6. The van der Waals surface area contributed by atoms with Crippen LogP contribution in [0.15, 0.2) is 23.1 Å². The summed E-state index contributed by atoms with van der Waals surface area (Å²) in [4.78, 5) is 24.3. The number of nitrogens with one attached hydrogen (secondary N) is 3. The maximum Gasteiger partial charge on any atom is 0.319 e. The third-order valence-electron chi connectivity index (χ3n) is 2.84. The quantitative estimate of drug-likeness (QED) is 0.704. The van der Waals surface area contributed by atoms with Crippen LogP contribution in [0, 0.1) is 0 Å². The lowest BCUT2D eigenvalue weighted by atomic mass is 10.3. The van der Waals surface area contributed by atoms with Crippen LogP contribution in [0.3, 0.4) is 0 Å². The molecule has 0 atom stereocenters. The Morgan fingerprint density at radius 3 is 2.81 bits per heavy atom. The van der Waals surface area contributed by atoms with Gasteiger partial charge >= 0.3 is 6.03 Å². The topological polar surface area (TPSA) is 70.2 Å². The van der Waals surface area contributed by atoms with Gasteiger partial charge in [-0.25, -0.2) is 4.79 Å². The van der Waals surface area contributed by atoms with Crippen LogP contribution in [-0.2, 0) is 4.79 Å². The summed E-state index contributed by atoms with van der Waals surface area (Å²) in [5, 5.41) is 8.62. The van der Waals surface area contributed by atoms with Crippen LogP contribution in [0.4, 0.5) is 10.5 Å². The maximum absolute atomic E-state index is 11.8. The first-order valence-electron chi connectivity index (χ1n) is 6.85. The molecule has 0 heterocycles. The predicted octanol–water partition coefficient (Wildman–Crippen LogP) is 2.85. The van der Waals surface area contributed by atoms with Crippen LogP contribution < -0.4 is 16.0 Å². The first-order chi connectivity index (χ1) is 10.1. The SMILES string of the molecule is CCSc1ccc(Cl)cc1NC(=O)NCC(=O)NC1CC1. The number of hydrogen-bond donors (Lipinski definition) is 3. The fourth-order valence-electron chi connectivity index (χ4n) is 1.71. The van der Waals surface area contributed by atoms with E-state index in [1.807, 2.05) is 13.0 Å². The van der Waals surface area contributed by atoms with Crippen LogP contribution in [0.25, 0.3) is 0 Å². The van der Waals surface area contributed by atoms with Gasteiger partial charge in [0.05, 0.1) is 12.2 Å². The Morgan fingerprint density at radius 1 is 1.38 bits per heavy atom. The second-order valence-electron chi connectivity index (χ2n) is 4.72. The number of hydrogen-bond acceptors (Lipinski definition) is 3. The third-order valence-corrected chi connectivity index (χ3v) is 4.03. The number of benzene rings is 1. The van der Waals surface area contributed by atoms with Gasteiger partial charge in [-0.3, -0.25) is 4.79 Å². The van der Waals surface area contributed by atoms with Crippen molar-refractivity contribution < 1.29 is 9.59 Å². The van der Waals surface area contributed by atoms with Crippen molar-refractivity contribution in [2.45, 2.75) is 30.7 Å². The molecule has 21 heavy (non-hydrogen) atoms. The average molecular weight is 328 g/mol. The lowest BCUT2D eigenvalue weighted by molar-refractivity contribution is -0.120. The van der Waals surface area contributed by atoms with Gasteiger partial charge in [0.15, 0.2) is 0 Å². The first-order valence-corrected chi connectivity index (χ1v) is 8.21. The minimum absolute atomic E-state index is 0.0286. The zero-order chi connectivity index (χ0) is 15.2. The van der Waals surface area contributed by atoms with E-state index in [-0.39, 0.29) is 12.5 Å². The fourth-order valence-corrected chi connectivity index (χ4v) is 2.63. The molecule has 0 spiro atoms. The van der Waals surface area contributed by atoms with Gasteiger partial charge in [-0.2, -0.15) is 0 Å². The molecule has 2 rings (SSSR count). The van der Waals surface area contributed by atoms with Gasteiger partial charge in [0, 0.05) is 16.0 Å². The maximum atomic E-state index is 11.8. The van der Waals surface area contributed by atoms with E-state index in [0.29, 0.717) is 16.8 Å². The predicted molar refractivity (Wildman–Crippen MR) is 86.0 cm³/mol. The minimum Gasteiger partial charge on any atom is -0.352 e. The Hall–Kier alpha value is -1.40. The zero-order valence-corrected chi connectivity index (χ0v) is 13.3. The Kier molecular flexibility index (Phi) is 5.76. The molecule has 7 heteroatoms. The number of thioether (sulfide) groups is 1. The molecule has 0 aliphatic heterocycles. The molecule has 0 saturated heterocycles. The summed E-state index contributed by atoms with van der Waals surface area (Å²) in [5.74, 6) is 0.726. The number of rotatable bonds is 6. The van der Waals surface area contributed by atoms with Gasteiger partial charge in [-0.1, -0.05) is 18.5 Å². The van der Waals surface area contributed by atoms with E-state index in [9.17, 15) is 9.59 Å². The first kappa shape index (κ1) is 16.0. The van der Waals surface area contributed by atoms with E-state index in [4.69, 9.17) is 11.6 Å². The van der Waals surface area contributed by atoms with E-state index in [2.05, 4.69) is 16.0 Å². The number of urea groups is 1. The highest BCUT2D eigenvalue weighted by molar-refractivity contribution is 7.99. The molecule has 3 amide bonds. The smallest absolute Gasteiger partial charge is 0.319 e. The fraction of sp³-hybridized carbons (Fsp3) is 0.429.